The number of hydrogen-bond acceptors (Lipinski definition) is 3. The van der Waals surface area contributed by atoms with E-state index in [0.717, 1.165) is 18.2 Å². The van der Waals surface area contributed by atoms with Gasteiger partial charge in [-0.15, -0.1) is 0 Å². The van der Waals surface area contributed by atoms with Crippen molar-refractivity contribution in [2.45, 2.75) is 31.1 Å². The first-order chi connectivity index (χ1) is 13.5. The lowest BCUT2D eigenvalue weighted by atomic mass is 9.91. The van der Waals surface area contributed by atoms with Gasteiger partial charge in [0.25, 0.3) is 5.91 Å². The molecule has 5 nitrogen and oxygen atoms in total. The number of nitrogens with one attached hydrogen (secondary N) is 1. The van der Waals surface area contributed by atoms with Crippen LogP contribution in [0, 0.1) is 18.2 Å². The van der Waals surface area contributed by atoms with Crippen molar-refractivity contribution in [3.63, 3.8) is 0 Å². The highest BCUT2D eigenvalue weighted by atomic mass is 19.4. The molecule has 1 aliphatic heterocycles. The summed E-state index contributed by atoms with van der Waals surface area (Å²) in [6.07, 6.45) is -4.73. The van der Waals surface area contributed by atoms with Crippen LogP contribution in [0.4, 0.5) is 33.3 Å². The third kappa shape index (κ3) is 4.08. The molecule has 150 valence electrons. The van der Waals surface area contributed by atoms with Gasteiger partial charge < -0.3 is 5.32 Å². The minimum Gasteiger partial charge on any atom is -0.324 e. The lowest BCUT2D eigenvalue weighted by Crippen LogP contribution is -2.37. The Labute approximate surface area is 162 Å². The van der Waals surface area contributed by atoms with Crippen molar-refractivity contribution in [2.75, 3.05) is 5.32 Å². The summed E-state index contributed by atoms with van der Waals surface area (Å²) in [5.41, 5.74) is -2.98. The number of rotatable bonds is 3. The van der Waals surface area contributed by atoms with Crippen molar-refractivity contribution in [2.24, 2.45) is 10.2 Å². The number of azo groups is 1. The quantitative estimate of drug-likeness (QED) is 0.504. The molecule has 2 unspecified atom stereocenters. The van der Waals surface area contributed by atoms with Gasteiger partial charge in [0.1, 0.15) is 0 Å². The van der Waals surface area contributed by atoms with E-state index in [1.807, 2.05) is 0 Å². The fraction of sp³-hybridized carbons (Fsp3) is 0.263. The molecule has 0 saturated carbocycles. The van der Waals surface area contributed by atoms with Gasteiger partial charge in [-0.3, -0.25) is 4.79 Å². The second-order valence-electron chi connectivity index (χ2n) is 6.68. The van der Waals surface area contributed by atoms with Gasteiger partial charge in [0.05, 0.1) is 18.2 Å². The zero-order chi connectivity index (χ0) is 21.4. The number of hydrogen-bond donors (Lipinski definition) is 1. The monoisotopic (exact) mass is 408 g/mol. The second kappa shape index (κ2) is 7.24. The van der Waals surface area contributed by atoms with Crippen molar-refractivity contribution in [3.8, 4) is 0 Å². The molecule has 0 aliphatic carbocycles. The maximum absolute atomic E-state index is 13.4. The van der Waals surface area contributed by atoms with Crippen LogP contribution >= 0.6 is 0 Å². The maximum atomic E-state index is 13.4. The molecule has 10 heteroatoms. The summed E-state index contributed by atoms with van der Waals surface area (Å²) in [4.78, 5) is 15.4. The van der Waals surface area contributed by atoms with Crippen LogP contribution in [0.15, 0.2) is 46.6 Å². The van der Waals surface area contributed by atoms with Gasteiger partial charge in [0, 0.05) is 12.1 Å². The van der Waals surface area contributed by atoms with Crippen LogP contribution in [0.1, 0.15) is 30.5 Å². The Bertz CT molecular complexity index is 1040. The maximum Gasteiger partial charge on any atom is 0.407 e. The molecule has 0 radical (unpaired) electrons. The molecule has 0 aromatic heterocycles. The molecule has 3 rings (SSSR count). The van der Waals surface area contributed by atoms with E-state index >= 15 is 0 Å². The summed E-state index contributed by atoms with van der Waals surface area (Å²) < 4.78 is 65.8. The number of amides is 1. The molecule has 2 atom stereocenters. The third-order valence-electron chi connectivity index (χ3n) is 4.51. The summed E-state index contributed by atoms with van der Waals surface area (Å²) in [7, 11) is 0. The van der Waals surface area contributed by atoms with Crippen LogP contribution in [-0.4, -0.2) is 11.4 Å². The lowest BCUT2D eigenvalue weighted by molar-refractivity contribution is -0.136. The first kappa shape index (κ1) is 20.4. The van der Waals surface area contributed by atoms with Gasteiger partial charge in [0.2, 0.25) is 0 Å². The van der Waals surface area contributed by atoms with Crippen LogP contribution < -0.4 is 5.32 Å². The first-order valence-corrected chi connectivity index (χ1v) is 8.30. The summed E-state index contributed by atoms with van der Waals surface area (Å²) in [6.45, 7) is 8.27. The Kier molecular flexibility index (Phi) is 5.09. The molecular weight excluding hydrogens is 395 g/mol. The van der Waals surface area contributed by atoms with E-state index in [0.29, 0.717) is 11.6 Å². The van der Waals surface area contributed by atoms with E-state index in [2.05, 4.69) is 20.4 Å². The molecule has 1 N–H and O–H groups in total. The van der Waals surface area contributed by atoms with Crippen LogP contribution in [0.5, 0.6) is 0 Å². The molecule has 29 heavy (non-hydrogen) atoms. The fourth-order valence-electron chi connectivity index (χ4n) is 2.90. The van der Waals surface area contributed by atoms with Crippen molar-refractivity contribution < 1.29 is 26.7 Å². The van der Waals surface area contributed by atoms with Crippen molar-refractivity contribution in [1.82, 2.24) is 0 Å². The number of alkyl halides is 3. The van der Waals surface area contributed by atoms with Crippen LogP contribution in [0.3, 0.4) is 0 Å². The zero-order valence-electron chi connectivity index (χ0n) is 14.9. The van der Waals surface area contributed by atoms with Gasteiger partial charge in [-0.2, -0.15) is 23.4 Å². The Morgan fingerprint density at radius 1 is 1.21 bits per heavy atom. The van der Waals surface area contributed by atoms with Gasteiger partial charge in [0.15, 0.2) is 22.9 Å². The van der Waals surface area contributed by atoms with E-state index in [4.69, 9.17) is 6.57 Å². The van der Waals surface area contributed by atoms with Crippen LogP contribution in [0.25, 0.3) is 4.85 Å². The Morgan fingerprint density at radius 2 is 1.93 bits per heavy atom. The zero-order valence-corrected chi connectivity index (χ0v) is 14.9. The van der Waals surface area contributed by atoms with Crippen molar-refractivity contribution in [3.05, 3.63) is 70.6 Å². The Hall–Kier alpha value is -3.35. The Morgan fingerprint density at radius 3 is 2.55 bits per heavy atom. The van der Waals surface area contributed by atoms with E-state index < -0.39 is 46.5 Å². The molecular formula is C19H13F5N4O. The van der Waals surface area contributed by atoms with E-state index in [-0.39, 0.29) is 12.1 Å². The molecule has 1 amide bonds. The number of anilines is 1. The highest BCUT2D eigenvalue weighted by molar-refractivity contribution is 5.98. The molecule has 1 heterocycles. The summed E-state index contributed by atoms with van der Waals surface area (Å²) in [5.74, 6) is -2.79. The van der Waals surface area contributed by atoms with Gasteiger partial charge >= 0.3 is 6.18 Å². The number of benzene rings is 2. The largest absolute Gasteiger partial charge is 0.407 e. The van der Waals surface area contributed by atoms with E-state index in [1.165, 1.54) is 19.1 Å². The minimum atomic E-state index is -4.75. The molecule has 0 fully saturated rings. The standard InChI is InChI=1S/C19H13F5N4O/c1-18(9-16(27-28-18)10-3-5-13(20)14(21)7-10)17(29)26-11-4-6-15(25-2)12(8-11)19(22,23)24/h3-8,16H,9H2,1H3,(H,26,29). The summed E-state index contributed by atoms with van der Waals surface area (Å²) in [6, 6.07) is 5.35. The molecule has 2 aromatic rings. The molecule has 2 aromatic carbocycles. The minimum absolute atomic E-state index is 0.0240. The molecule has 0 spiro atoms. The van der Waals surface area contributed by atoms with E-state index in [1.54, 1.807) is 0 Å². The third-order valence-corrected chi connectivity index (χ3v) is 4.51. The molecule has 0 bridgehead atoms. The second-order valence-corrected chi connectivity index (χ2v) is 6.68. The van der Waals surface area contributed by atoms with Crippen molar-refractivity contribution >= 4 is 17.3 Å². The van der Waals surface area contributed by atoms with Crippen LogP contribution in [0.2, 0.25) is 0 Å². The summed E-state index contributed by atoms with van der Waals surface area (Å²) in [5, 5.41) is 10.2. The van der Waals surface area contributed by atoms with Gasteiger partial charge in [-0.1, -0.05) is 12.1 Å². The predicted molar refractivity (Wildman–Crippen MR) is 93.3 cm³/mol. The first-order valence-electron chi connectivity index (χ1n) is 8.30. The van der Waals surface area contributed by atoms with Gasteiger partial charge in [-0.05, 0) is 36.8 Å². The lowest BCUT2D eigenvalue weighted by Gasteiger charge is -2.20. The predicted octanol–water partition coefficient (Wildman–Crippen LogP) is 5.83. The topological polar surface area (TPSA) is 58.2 Å². The van der Waals surface area contributed by atoms with Gasteiger partial charge in [-0.25, -0.2) is 13.6 Å². The smallest absolute Gasteiger partial charge is 0.324 e. The fourth-order valence-corrected chi connectivity index (χ4v) is 2.90. The number of halogens is 5. The number of carbonyl (C=O) groups is 1. The SMILES string of the molecule is [C-]#[N+]c1ccc(NC(=O)C2(C)CC(c3ccc(F)c(F)c3)N=N2)cc1C(F)(F)F. The Balaban J connectivity index is 1.79. The average Bonchev–Trinajstić information content (AvgIpc) is 3.07. The highest BCUT2D eigenvalue weighted by Gasteiger charge is 2.41. The average molecular weight is 408 g/mol. The van der Waals surface area contributed by atoms with Crippen LogP contribution in [-0.2, 0) is 11.0 Å². The molecule has 1 aliphatic rings. The molecule has 0 saturated heterocycles. The normalized spacial score (nSPS) is 21.1. The van der Waals surface area contributed by atoms with Crippen molar-refractivity contribution in [1.29, 1.82) is 0 Å². The summed E-state index contributed by atoms with van der Waals surface area (Å²) >= 11 is 0. The van der Waals surface area contributed by atoms with E-state index in [9.17, 15) is 26.7 Å². The highest BCUT2D eigenvalue weighted by Crippen LogP contribution is 2.40. The number of nitrogens with zero attached hydrogens (tertiary/aromatic N) is 3. The number of carbonyl (C=O) groups excluding carboxylic acids is 1.